The molecule has 1 heterocycles. The lowest BCUT2D eigenvalue weighted by atomic mass is 10.00. The smallest absolute Gasteiger partial charge is 0.162 e. The van der Waals surface area contributed by atoms with Crippen molar-refractivity contribution in [1.82, 2.24) is 4.57 Å². The van der Waals surface area contributed by atoms with E-state index in [1.165, 1.54) is 5.56 Å². The average Bonchev–Trinajstić information content (AvgIpc) is 2.74. The molecule has 0 fully saturated rings. The first-order valence-corrected chi connectivity index (χ1v) is 7.68. The summed E-state index contributed by atoms with van der Waals surface area (Å²) >= 11 is 0. The molecule has 0 atom stereocenters. The minimum atomic E-state index is 0.145. The molecule has 0 aliphatic carbocycles. The lowest BCUT2D eigenvalue weighted by Gasteiger charge is -2.08. The molecule has 2 heteroatoms. The van der Waals surface area contributed by atoms with Crippen molar-refractivity contribution in [1.29, 1.82) is 0 Å². The molecule has 112 valence electrons. The van der Waals surface area contributed by atoms with Crippen LogP contribution in [-0.2, 0) is 6.54 Å². The highest BCUT2D eigenvalue weighted by atomic mass is 16.1. The van der Waals surface area contributed by atoms with Crippen LogP contribution in [0.3, 0.4) is 0 Å². The number of hydrogen-bond donors (Lipinski definition) is 0. The summed E-state index contributed by atoms with van der Waals surface area (Å²) in [5.74, 6) is 0.807. The molecule has 0 bridgehead atoms. The molecular formula is C19H25NO. The van der Waals surface area contributed by atoms with Gasteiger partial charge in [0.15, 0.2) is 5.78 Å². The van der Waals surface area contributed by atoms with Crippen molar-refractivity contribution < 1.29 is 4.79 Å². The second kappa shape index (κ2) is 6.30. The quantitative estimate of drug-likeness (QED) is 0.706. The number of hydrogen-bond acceptors (Lipinski definition) is 1. The SMILES string of the molecule is CC(=O)c1c(-c2ccc(C)cc2)cn(CCC(C)C)c1C. The molecule has 0 aliphatic rings. The third-order valence-electron chi connectivity index (χ3n) is 4.01. The van der Waals surface area contributed by atoms with Crippen molar-refractivity contribution in [3.63, 3.8) is 0 Å². The minimum absolute atomic E-state index is 0.145. The number of carbonyl (C=O) groups excluding carboxylic acids is 1. The van der Waals surface area contributed by atoms with Gasteiger partial charge in [0, 0.05) is 29.6 Å². The Balaban J connectivity index is 2.46. The Labute approximate surface area is 127 Å². The number of nitrogens with zero attached hydrogens (tertiary/aromatic N) is 1. The van der Waals surface area contributed by atoms with E-state index in [9.17, 15) is 4.79 Å². The topological polar surface area (TPSA) is 22.0 Å². The van der Waals surface area contributed by atoms with Crippen LogP contribution in [0.2, 0.25) is 0 Å². The fraction of sp³-hybridized carbons (Fsp3) is 0.421. The molecule has 2 nitrogen and oxygen atoms in total. The van der Waals surface area contributed by atoms with E-state index < -0.39 is 0 Å². The van der Waals surface area contributed by atoms with Gasteiger partial charge < -0.3 is 4.57 Å². The van der Waals surface area contributed by atoms with E-state index in [-0.39, 0.29) is 5.78 Å². The molecule has 0 saturated carbocycles. The Bertz CT molecular complexity index is 632. The lowest BCUT2D eigenvalue weighted by Crippen LogP contribution is -2.04. The van der Waals surface area contributed by atoms with Crippen LogP contribution in [0, 0.1) is 19.8 Å². The molecule has 2 rings (SSSR count). The Kier molecular flexibility index (Phi) is 4.66. The van der Waals surface area contributed by atoms with Gasteiger partial charge in [-0.25, -0.2) is 0 Å². The van der Waals surface area contributed by atoms with Gasteiger partial charge in [0.2, 0.25) is 0 Å². The van der Waals surface area contributed by atoms with Gasteiger partial charge in [-0.1, -0.05) is 43.7 Å². The highest BCUT2D eigenvalue weighted by Crippen LogP contribution is 2.29. The zero-order valence-electron chi connectivity index (χ0n) is 13.7. The van der Waals surface area contributed by atoms with Crippen molar-refractivity contribution in [2.75, 3.05) is 0 Å². The van der Waals surface area contributed by atoms with Crippen molar-refractivity contribution in [2.45, 2.75) is 47.6 Å². The van der Waals surface area contributed by atoms with E-state index in [0.717, 1.165) is 35.3 Å². The number of aromatic nitrogens is 1. The molecule has 0 N–H and O–H groups in total. The molecule has 0 aliphatic heterocycles. The molecular weight excluding hydrogens is 258 g/mol. The van der Waals surface area contributed by atoms with E-state index in [4.69, 9.17) is 0 Å². The number of carbonyl (C=O) groups is 1. The third kappa shape index (κ3) is 3.44. The normalized spacial score (nSPS) is 11.1. The molecule has 2 aromatic rings. The molecule has 21 heavy (non-hydrogen) atoms. The van der Waals surface area contributed by atoms with Crippen molar-refractivity contribution in [3.05, 3.63) is 47.3 Å². The van der Waals surface area contributed by atoms with Gasteiger partial charge in [0.1, 0.15) is 0 Å². The van der Waals surface area contributed by atoms with Gasteiger partial charge in [0.05, 0.1) is 0 Å². The lowest BCUT2D eigenvalue weighted by molar-refractivity contribution is 0.101. The monoisotopic (exact) mass is 283 g/mol. The summed E-state index contributed by atoms with van der Waals surface area (Å²) < 4.78 is 2.23. The summed E-state index contributed by atoms with van der Waals surface area (Å²) in [5.41, 5.74) is 5.36. The van der Waals surface area contributed by atoms with Crippen LogP contribution in [0.25, 0.3) is 11.1 Å². The summed E-state index contributed by atoms with van der Waals surface area (Å²) in [6.07, 6.45) is 3.26. The molecule has 0 radical (unpaired) electrons. The largest absolute Gasteiger partial charge is 0.350 e. The zero-order valence-corrected chi connectivity index (χ0v) is 13.7. The molecule has 0 amide bonds. The Hall–Kier alpha value is -1.83. The first kappa shape index (κ1) is 15.6. The predicted molar refractivity (Wildman–Crippen MR) is 88.8 cm³/mol. The third-order valence-corrected chi connectivity index (χ3v) is 4.01. The maximum Gasteiger partial charge on any atom is 0.162 e. The van der Waals surface area contributed by atoms with Crippen LogP contribution >= 0.6 is 0 Å². The molecule has 1 aromatic carbocycles. The fourth-order valence-corrected chi connectivity index (χ4v) is 2.68. The van der Waals surface area contributed by atoms with E-state index in [0.29, 0.717) is 5.92 Å². The Morgan fingerprint density at radius 2 is 1.76 bits per heavy atom. The number of aryl methyl sites for hydroxylation is 2. The minimum Gasteiger partial charge on any atom is -0.350 e. The van der Waals surface area contributed by atoms with Gasteiger partial charge in [0.25, 0.3) is 0 Å². The number of ketones is 1. The molecule has 0 saturated heterocycles. The first-order valence-electron chi connectivity index (χ1n) is 7.68. The molecule has 0 unspecified atom stereocenters. The highest BCUT2D eigenvalue weighted by molar-refractivity contribution is 6.02. The van der Waals surface area contributed by atoms with Crippen LogP contribution in [-0.4, -0.2) is 10.4 Å². The second-order valence-electron chi connectivity index (χ2n) is 6.30. The predicted octanol–water partition coefficient (Wildman–Crippen LogP) is 5.02. The van der Waals surface area contributed by atoms with Crippen molar-refractivity contribution in [3.8, 4) is 11.1 Å². The van der Waals surface area contributed by atoms with E-state index in [1.54, 1.807) is 6.92 Å². The van der Waals surface area contributed by atoms with Crippen LogP contribution in [0.4, 0.5) is 0 Å². The van der Waals surface area contributed by atoms with Crippen LogP contribution in [0.5, 0.6) is 0 Å². The average molecular weight is 283 g/mol. The Morgan fingerprint density at radius 1 is 1.14 bits per heavy atom. The maximum atomic E-state index is 12.1. The van der Waals surface area contributed by atoms with Crippen LogP contribution in [0.15, 0.2) is 30.5 Å². The summed E-state index contributed by atoms with van der Waals surface area (Å²) in [6.45, 7) is 11.2. The fourth-order valence-electron chi connectivity index (χ4n) is 2.68. The van der Waals surface area contributed by atoms with E-state index in [2.05, 4.69) is 62.7 Å². The van der Waals surface area contributed by atoms with Gasteiger partial charge in [-0.3, -0.25) is 4.79 Å². The van der Waals surface area contributed by atoms with Gasteiger partial charge in [-0.15, -0.1) is 0 Å². The molecule has 0 spiro atoms. The second-order valence-corrected chi connectivity index (χ2v) is 6.30. The molecule has 1 aromatic heterocycles. The Morgan fingerprint density at radius 3 is 2.29 bits per heavy atom. The van der Waals surface area contributed by atoms with Gasteiger partial charge in [-0.2, -0.15) is 0 Å². The van der Waals surface area contributed by atoms with Crippen LogP contribution in [0.1, 0.15) is 48.8 Å². The summed E-state index contributed by atoms with van der Waals surface area (Å²) in [4.78, 5) is 12.1. The number of Topliss-reactive ketones (excluding diaryl/α,β-unsaturated/α-hetero) is 1. The highest BCUT2D eigenvalue weighted by Gasteiger charge is 2.17. The van der Waals surface area contributed by atoms with E-state index >= 15 is 0 Å². The summed E-state index contributed by atoms with van der Waals surface area (Å²) in [6, 6.07) is 8.40. The standard InChI is InChI=1S/C19H25NO/c1-13(2)10-11-20-12-18(19(15(20)4)16(5)21)17-8-6-14(3)7-9-17/h6-9,12-13H,10-11H2,1-5H3. The maximum absolute atomic E-state index is 12.1. The van der Waals surface area contributed by atoms with Gasteiger partial charge in [-0.05, 0) is 38.7 Å². The zero-order chi connectivity index (χ0) is 15.6. The number of rotatable bonds is 5. The van der Waals surface area contributed by atoms with Crippen LogP contribution < -0.4 is 0 Å². The summed E-state index contributed by atoms with van der Waals surface area (Å²) in [7, 11) is 0. The first-order chi connectivity index (χ1) is 9.90. The number of benzene rings is 1. The van der Waals surface area contributed by atoms with Crippen molar-refractivity contribution >= 4 is 5.78 Å². The van der Waals surface area contributed by atoms with E-state index in [1.807, 2.05) is 0 Å². The summed E-state index contributed by atoms with van der Waals surface area (Å²) in [5, 5.41) is 0. The van der Waals surface area contributed by atoms with Gasteiger partial charge >= 0.3 is 0 Å². The van der Waals surface area contributed by atoms with Crippen molar-refractivity contribution in [2.24, 2.45) is 5.92 Å².